The molecule has 0 aliphatic carbocycles. The van der Waals surface area contributed by atoms with Gasteiger partial charge in [0, 0.05) is 52.1 Å². The molecule has 0 aromatic rings. The van der Waals surface area contributed by atoms with Crippen LogP contribution in [0.4, 0.5) is 0 Å². The summed E-state index contributed by atoms with van der Waals surface area (Å²) in [6.07, 6.45) is 4.55. The van der Waals surface area contributed by atoms with Crippen LogP contribution in [0, 0.1) is 0 Å². The molecule has 2 aliphatic heterocycles. The molecule has 0 bridgehead atoms. The Morgan fingerprint density at radius 1 is 0.767 bits per heavy atom. The van der Waals surface area contributed by atoms with E-state index in [-0.39, 0.29) is 50.1 Å². The predicted octanol–water partition coefficient (Wildman–Crippen LogP) is -0.723. The zero-order valence-corrected chi connectivity index (χ0v) is 17.7. The van der Waals surface area contributed by atoms with Gasteiger partial charge >= 0.3 is 0 Å². The number of ether oxygens (including phenoxy) is 2. The minimum Gasteiger partial charge on any atom is -0.369 e. The number of nitrogens with one attached hydrogen (secondary N) is 2. The number of likely N-dealkylation sites (tertiary alicyclic amines) is 2. The van der Waals surface area contributed by atoms with Crippen molar-refractivity contribution in [3.05, 3.63) is 0 Å². The maximum absolute atomic E-state index is 11.7. The fraction of sp³-hybridized carbons (Fsp3) is 0.800. The van der Waals surface area contributed by atoms with Crippen LogP contribution >= 0.6 is 0 Å². The fourth-order valence-electron chi connectivity index (χ4n) is 3.43. The molecule has 10 heteroatoms. The van der Waals surface area contributed by atoms with E-state index in [1.54, 1.807) is 0 Å². The van der Waals surface area contributed by atoms with Gasteiger partial charge in [-0.3, -0.25) is 19.2 Å². The van der Waals surface area contributed by atoms with Crippen LogP contribution in [0.1, 0.15) is 38.5 Å². The van der Waals surface area contributed by atoms with Gasteiger partial charge < -0.3 is 29.9 Å². The largest absolute Gasteiger partial charge is 0.369 e. The van der Waals surface area contributed by atoms with E-state index in [0.717, 1.165) is 38.8 Å². The van der Waals surface area contributed by atoms with Crippen LogP contribution in [0.3, 0.4) is 0 Å². The molecule has 0 spiro atoms. The second kappa shape index (κ2) is 13.9. The molecule has 0 atom stereocenters. The third-order valence-electron chi connectivity index (χ3n) is 5.04. The summed E-state index contributed by atoms with van der Waals surface area (Å²) in [5, 5.41) is 5.50. The number of carbonyl (C=O) groups is 4. The molecule has 170 valence electrons. The standard InChI is InChI=1S/C20H34N4O6/c25-17(21-7-3-11-23-9-1-5-19(23)27)15-29-13-14-30-16-18(26)22-8-4-12-24-10-2-6-20(24)28/h1-16H2,(H,21,25)(H,22,26). The average Bonchev–Trinajstić information content (AvgIpc) is 3.33. The van der Waals surface area contributed by atoms with E-state index in [1.165, 1.54) is 0 Å². The molecule has 2 fully saturated rings. The molecule has 2 N–H and O–H groups in total. The molecule has 0 unspecified atom stereocenters. The molecular weight excluding hydrogens is 392 g/mol. The molecule has 0 saturated carbocycles. The lowest BCUT2D eigenvalue weighted by atomic mass is 10.4. The number of hydrogen-bond acceptors (Lipinski definition) is 6. The summed E-state index contributed by atoms with van der Waals surface area (Å²) in [6, 6.07) is 0. The summed E-state index contributed by atoms with van der Waals surface area (Å²) < 4.78 is 10.4. The van der Waals surface area contributed by atoms with E-state index >= 15 is 0 Å². The minimum atomic E-state index is -0.211. The van der Waals surface area contributed by atoms with Gasteiger partial charge in [-0.05, 0) is 25.7 Å². The van der Waals surface area contributed by atoms with Gasteiger partial charge in [-0.2, -0.15) is 0 Å². The summed E-state index contributed by atoms with van der Waals surface area (Å²) in [5.74, 6) is -0.0391. The second-order valence-corrected chi connectivity index (χ2v) is 7.48. The van der Waals surface area contributed by atoms with Gasteiger partial charge in [0.2, 0.25) is 23.6 Å². The van der Waals surface area contributed by atoms with Crippen molar-refractivity contribution < 1.29 is 28.7 Å². The Labute approximate surface area is 177 Å². The highest BCUT2D eigenvalue weighted by Crippen LogP contribution is 2.09. The molecule has 30 heavy (non-hydrogen) atoms. The molecule has 0 aromatic carbocycles. The highest BCUT2D eigenvalue weighted by molar-refractivity contribution is 5.79. The minimum absolute atomic E-state index is 0.0621. The maximum Gasteiger partial charge on any atom is 0.246 e. The van der Waals surface area contributed by atoms with E-state index in [2.05, 4.69) is 10.6 Å². The first-order valence-corrected chi connectivity index (χ1v) is 10.8. The van der Waals surface area contributed by atoms with Crippen LogP contribution in [0.15, 0.2) is 0 Å². The summed E-state index contributed by atoms with van der Waals surface area (Å²) in [7, 11) is 0. The highest BCUT2D eigenvalue weighted by atomic mass is 16.5. The van der Waals surface area contributed by atoms with Gasteiger partial charge in [0.1, 0.15) is 13.2 Å². The fourth-order valence-corrected chi connectivity index (χ4v) is 3.43. The van der Waals surface area contributed by atoms with Gasteiger partial charge in [-0.25, -0.2) is 0 Å². The molecule has 10 nitrogen and oxygen atoms in total. The van der Waals surface area contributed by atoms with Gasteiger partial charge in [-0.1, -0.05) is 0 Å². The van der Waals surface area contributed by atoms with Crippen LogP contribution < -0.4 is 10.6 Å². The SMILES string of the molecule is O=C(COCCOCC(=O)NCCCN1CCCC1=O)NCCCN1CCCC1=O. The van der Waals surface area contributed by atoms with E-state index in [4.69, 9.17) is 9.47 Å². The van der Waals surface area contributed by atoms with Crippen molar-refractivity contribution >= 4 is 23.6 Å². The summed E-state index contributed by atoms with van der Waals surface area (Å²) in [4.78, 5) is 49.9. The van der Waals surface area contributed by atoms with Crippen molar-refractivity contribution in [3.63, 3.8) is 0 Å². The number of rotatable bonds is 15. The van der Waals surface area contributed by atoms with Gasteiger partial charge in [-0.15, -0.1) is 0 Å². The Bertz CT molecular complexity index is 536. The Hall–Kier alpha value is -2.20. The van der Waals surface area contributed by atoms with Crippen LogP contribution in [0.25, 0.3) is 0 Å². The molecular formula is C20H34N4O6. The Morgan fingerprint density at radius 2 is 1.20 bits per heavy atom. The first kappa shape index (κ1) is 24.1. The Kier molecular flexibility index (Phi) is 11.2. The molecule has 2 aliphatic rings. The van der Waals surface area contributed by atoms with Crippen LogP contribution in [-0.4, -0.2) is 99.1 Å². The Balaban J connectivity index is 1.34. The number of carbonyl (C=O) groups excluding carboxylic acids is 4. The van der Waals surface area contributed by atoms with Crippen molar-refractivity contribution in [2.45, 2.75) is 38.5 Å². The van der Waals surface area contributed by atoms with Crippen LogP contribution in [0.5, 0.6) is 0 Å². The van der Waals surface area contributed by atoms with E-state index in [1.807, 2.05) is 9.80 Å². The monoisotopic (exact) mass is 426 g/mol. The lowest BCUT2D eigenvalue weighted by Gasteiger charge is -2.15. The van der Waals surface area contributed by atoms with Crippen LogP contribution in [-0.2, 0) is 28.7 Å². The summed E-state index contributed by atoms with van der Waals surface area (Å²) in [5.41, 5.74) is 0. The molecule has 2 rings (SSSR count). The smallest absolute Gasteiger partial charge is 0.246 e. The normalized spacial score (nSPS) is 16.4. The van der Waals surface area contributed by atoms with Crippen molar-refractivity contribution in [2.24, 2.45) is 0 Å². The number of amides is 4. The lowest BCUT2D eigenvalue weighted by Crippen LogP contribution is -2.33. The maximum atomic E-state index is 11.7. The van der Waals surface area contributed by atoms with Gasteiger partial charge in [0.05, 0.1) is 13.2 Å². The van der Waals surface area contributed by atoms with E-state index < -0.39 is 0 Å². The first-order chi connectivity index (χ1) is 14.6. The molecule has 4 amide bonds. The third kappa shape index (κ3) is 9.53. The summed E-state index contributed by atoms with van der Waals surface area (Å²) >= 11 is 0. The Morgan fingerprint density at radius 3 is 1.57 bits per heavy atom. The zero-order chi connectivity index (χ0) is 21.6. The van der Waals surface area contributed by atoms with Crippen LogP contribution in [0.2, 0.25) is 0 Å². The number of nitrogens with zero attached hydrogens (tertiary/aromatic N) is 2. The first-order valence-electron chi connectivity index (χ1n) is 10.8. The van der Waals surface area contributed by atoms with Gasteiger partial charge in [0.25, 0.3) is 0 Å². The van der Waals surface area contributed by atoms with Gasteiger partial charge in [0.15, 0.2) is 0 Å². The average molecular weight is 427 g/mol. The van der Waals surface area contributed by atoms with E-state index in [0.29, 0.717) is 39.0 Å². The summed E-state index contributed by atoms with van der Waals surface area (Å²) in [6.45, 7) is 4.31. The topological polar surface area (TPSA) is 117 Å². The lowest BCUT2D eigenvalue weighted by molar-refractivity contribution is -0.129. The molecule has 0 radical (unpaired) electrons. The molecule has 0 aromatic heterocycles. The van der Waals surface area contributed by atoms with Crippen molar-refractivity contribution in [2.75, 3.05) is 65.7 Å². The van der Waals surface area contributed by atoms with Crippen molar-refractivity contribution in [3.8, 4) is 0 Å². The zero-order valence-electron chi connectivity index (χ0n) is 17.7. The van der Waals surface area contributed by atoms with Crippen molar-refractivity contribution in [1.29, 1.82) is 0 Å². The molecule has 2 saturated heterocycles. The third-order valence-corrected chi connectivity index (χ3v) is 5.04. The second-order valence-electron chi connectivity index (χ2n) is 7.48. The highest BCUT2D eigenvalue weighted by Gasteiger charge is 2.19. The quantitative estimate of drug-likeness (QED) is 0.334. The van der Waals surface area contributed by atoms with E-state index in [9.17, 15) is 19.2 Å². The van der Waals surface area contributed by atoms with Crippen molar-refractivity contribution in [1.82, 2.24) is 20.4 Å². The predicted molar refractivity (Wildman–Crippen MR) is 109 cm³/mol. The molecule has 2 heterocycles. The number of hydrogen-bond donors (Lipinski definition) is 2.